The Bertz CT molecular complexity index is 876. The standard InChI is InChI=1S/C21H22BrNO3/c1-13-11-16-19(17(22)12-13)23(21(25)20(16)24)9-4-5-10-26-18-8-6-7-14(2)15(18)3/h6-8,11-12H,4-5,9-10H2,1-3H3. The molecule has 1 aliphatic heterocycles. The van der Waals surface area contributed by atoms with Crippen molar-refractivity contribution in [2.75, 3.05) is 18.1 Å². The Labute approximate surface area is 162 Å². The van der Waals surface area contributed by atoms with Gasteiger partial charge in [0, 0.05) is 11.0 Å². The third-order valence-electron chi connectivity index (χ3n) is 4.75. The number of hydrogen-bond acceptors (Lipinski definition) is 3. The molecule has 1 aliphatic rings. The number of carbonyl (C=O) groups is 2. The number of Topliss-reactive ketones (excluding diaryl/α,β-unsaturated/α-hetero) is 1. The minimum absolute atomic E-state index is 0.420. The van der Waals surface area contributed by atoms with Crippen molar-refractivity contribution in [1.29, 1.82) is 0 Å². The van der Waals surface area contributed by atoms with Crippen LogP contribution >= 0.6 is 15.9 Å². The van der Waals surface area contributed by atoms with E-state index in [2.05, 4.69) is 35.8 Å². The second-order valence-corrected chi connectivity index (χ2v) is 7.54. The third kappa shape index (κ3) is 3.54. The molecule has 0 fully saturated rings. The quantitative estimate of drug-likeness (QED) is 0.504. The smallest absolute Gasteiger partial charge is 0.299 e. The van der Waals surface area contributed by atoms with Crippen molar-refractivity contribution in [2.24, 2.45) is 0 Å². The van der Waals surface area contributed by atoms with Gasteiger partial charge < -0.3 is 9.64 Å². The summed E-state index contributed by atoms with van der Waals surface area (Å²) in [7, 11) is 0. The number of benzene rings is 2. The average Bonchev–Trinajstić information content (AvgIpc) is 2.83. The predicted molar refractivity (Wildman–Crippen MR) is 106 cm³/mol. The molecule has 136 valence electrons. The summed E-state index contributed by atoms with van der Waals surface area (Å²) in [5.41, 5.74) is 4.51. The van der Waals surface area contributed by atoms with Gasteiger partial charge in [-0.2, -0.15) is 0 Å². The van der Waals surface area contributed by atoms with Crippen LogP contribution in [0.2, 0.25) is 0 Å². The van der Waals surface area contributed by atoms with E-state index in [-0.39, 0.29) is 0 Å². The number of nitrogens with zero attached hydrogens (tertiary/aromatic N) is 1. The maximum absolute atomic E-state index is 12.3. The molecule has 0 radical (unpaired) electrons. The molecular formula is C21H22BrNO3. The number of aryl methyl sites for hydroxylation is 2. The molecule has 0 aliphatic carbocycles. The molecule has 0 aromatic heterocycles. The summed E-state index contributed by atoms with van der Waals surface area (Å²) in [6, 6.07) is 9.74. The Balaban J connectivity index is 1.59. The second-order valence-electron chi connectivity index (χ2n) is 6.68. The van der Waals surface area contributed by atoms with Gasteiger partial charge in [-0.05, 0) is 84.4 Å². The Morgan fingerprint density at radius 3 is 2.62 bits per heavy atom. The lowest BCUT2D eigenvalue weighted by Gasteiger charge is -2.18. The number of ketones is 1. The van der Waals surface area contributed by atoms with E-state index in [0.717, 1.165) is 34.2 Å². The number of anilines is 1. The van der Waals surface area contributed by atoms with Crippen molar-refractivity contribution in [3.8, 4) is 5.75 Å². The van der Waals surface area contributed by atoms with Crippen LogP contribution in [0, 0.1) is 20.8 Å². The lowest BCUT2D eigenvalue weighted by Crippen LogP contribution is -2.31. The maximum atomic E-state index is 12.3. The van der Waals surface area contributed by atoms with E-state index < -0.39 is 11.7 Å². The van der Waals surface area contributed by atoms with Crippen molar-refractivity contribution < 1.29 is 14.3 Å². The van der Waals surface area contributed by atoms with Crippen LogP contribution in [0.15, 0.2) is 34.8 Å². The Hall–Kier alpha value is -2.14. The highest BCUT2D eigenvalue weighted by molar-refractivity contribution is 9.10. The summed E-state index contributed by atoms with van der Waals surface area (Å²) in [6.07, 6.45) is 1.58. The maximum Gasteiger partial charge on any atom is 0.299 e. The van der Waals surface area contributed by atoms with Crippen molar-refractivity contribution in [3.63, 3.8) is 0 Å². The largest absolute Gasteiger partial charge is 0.493 e. The number of rotatable bonds is 6. The van der Waals surface area contributed by atoms with Crippen LogP contribution in [0.4, 0.5) is 5.69 Å². The lowest BCUT2D eigenvalue weighted by molar-refractivity contribution is -0.114. The fourth-order valence-corrected chi connectivity index (χ4v) is 3.96. The number of ether oxygens (including phenoxy) is 1. The van der Waals surface area contributed by atoms with Gasteiger partial charge in [-0.25, -0.2) is 0 Å². The first-order valence-electron chi connectivity index (χ1n) is 8.75. The van der Waals surface area contributed by atoms with Gasteiger partial charge in [0.15, 0.2) is 0 Å². The SMILES string of the molecule is Cc1cc(Br)c2c(c1)C(=O)C(=O)N2CCCCOc1cccc(C)c1C. The molecule has 3 rings (SSSR count). The van der Waals surface area contributed by atoms with Crippen LogP contribution < -0.4 is 9.64 Å². The van der Waals surface area contributed by atoms with Gasteiger partial charge in [0.2, 0.25) is 0 Å². The van der Waals surface area contributed by atoms with E-state index in [4.69, 9.17) is 4.74 Å². The normalized spacial score (nSPS) is 13.3. The molecule has 0 saturated carbocycles. The highest BCUT2D eigenvalue weighted by Crippen LogP contribution is 2.37. The van der Waals surface area contributed by atoms with Crippen LogP contribution in [0.5, 0.6) is 5.75 Å². The molecule has 4 nitrogen and oxygen atoms in total. The first-order chi connectivity index (χ1) is 12.4. The van der Waals surface area contributed by atoms with Crippen molar-refractivity contribution in [1.82, 2.24) is 0 Å². The highest BCUT2D eigenvalue weighted by Gasteiger charge is 2.37. The summed E-state index contributed by atoms with van der Waals surface area (Å²) < 4.78 is 6.65. The van der Waals surface area contributed by atoms with Crippen molar-refractivity contribution in [2.45, 2.75) is 33.6 Å². The fourth-order valence-electron chi connectivity index (χ4n) is 3.17. The average molecular weight is 416 g/mol. The summed E-state index contributed by atoms with van der Waals surface area (Å²) >= 11 is 3.49. The van der Waals surface area contributed by atoms with Crippen molar-refractivity contribution in [3.05, 3.63) is 57.1 Å². The molecule has 0 N–H and O–H groups in total. The van der Waals surface area contributed by atoms with Gasteiger partial charge in [0.25, 0.3) is 11.7 Å². The first kappa shape index (κ1) is 18.6. The van der Waals surface area contributed by atoms with E-state index in [0.29, 0.717) is 24.4 Å². The summed E-state index contributed by atoms with van der Waals surface area (Å²) in [5.74, 6) is 0.0405. The molecule has 2 aromatic carbocycles. The Morgan fingerprint density at radius 1 is 1.08 bits per heavy atom. The monoisotopic (exact) mass is 415 g/mol. The number of carbonyl (C=O) groups excluding carboxylic acids is 2. The fraction of sp³-hybridized carbons (Fsp3) is 0.333. The van der Waals surface area contributed by atoms with E-state index in [1.165, 1.54) is 5.56 Å². The van der Waals surface area contributed by atoms with Gasteiger partial charge in [-0.3, -0.25) is 9.59 Å². The van der Waals surface area contributed by atoms with Crippen molar-refractivity contribution >= 4 is 33.3 Å². The minimum atomic E-state index is -0.443. The molecule has 0 spiro atoms. The minimum Gasteiger partial charge on any atom is -0.493 e. The van der Waals surface area contributed by atoms with Crippen LogP contribution in [0.25, 0.3) is 0 Å². The molecule has 1 heterocycles. The molecule has 0 unspecified atom stereocenters. The van der Waals surface area contributed by atoms with E-state index in [9.17, 15) is 9.59 Å². The van der Waals surface area contributed by atoms with Gasteiger partial charge in [0.1, 0.15) is 5.75 Å². The summed E-state index contributed by atoms with van der Waals surface area (Å²) in [4.78, 5) is 26.1. The zero-order valence-electron chi connectivity index (χ0n) is 15.3. The van der Waals surface area contributed by atoms with E-state index in [1.54, 1.807) is 11.0 Å². The molecule has 0 atom stereocenters. The lowest BCUT2D eigenvalue weighted by atomic mass is 10.1. The summed E-state index contributed by atoms with van der Waals surface area (Å²) in [6.45, 7) is 7.12. The predicted octanol–water partition coefficient (Wildman–Crippen LogP) is 4.76. The van der Waals surface area contributed by atoms with Gasteiger partial charge in [-0.15, -0.1) is 0 Å². The number of amides is 1. The van der Waals surface area contributed by atoms with Crippen LogP contribution in [-0.2, 0) is 4.79 Å². The molecule has 0 saturated heterocycles. The molecular weight excluding hydrogens is 394 g/mol. The highest BCUT2D eigenvalue weighted by atomic mass is 79.9. The van der Waals surface area contributed by atoms with E-state index >= 15 is 0 Å². The number of unbranched alkanes of at least 4 members (excludes halogenated alkanes) is 1. The second kappa shape index (κ2) is 7.62. The van der Waals surface area contributed by atoms with E-state index in [1.807, 2.05) is 25.1 Å². The van der Waals surface area contributed by atoms with Gasteiger partial charge >= 0.3 is 0 Å². The molecule has 26 heavy (non-hydrogen) atoms. The topological polar surface area (TPSA) is 46.6 Å². The van der Waals surface area contributed by atoms with Crippen LogP contribution in [-0.4, -0.2) is 24.8 Å². The third-order valence-corrected chi connectivity index (χ3v) is 5.35. The Morgan fingerprint density at radius 2 is 1.85 bits per heavy atom. The van der Waals surface area contributed by atoms with Crippen LogP contribution in [0.1, 0.15) is 39.9 Å². The summed E-state index contributed by atoms with van der Waals surface area (Å²) in [5, 5.41) is 0. The number of halogens is 1. The molecule has 2 aromatic rings. The molecule has 1 amide bonds. The zero-order chi connectivity index (χ0) is 18.8. The Kier molecular flexibility index (Phi) is 5.47. The van der Waals surface area contributed by atoms with Gasteiger partial charge in [0.05, 0.1) is 17.9 Å². The van der Waals surface area contributed by atoms with Gasteiger partial charge in [-0.1, -0.05) is 12.1 Å². The van der Waals surface area contributed by atoms with Crippen LogP contribution in [0.3, 0.4) is 0 Å². The number of hydrogen-bond donors (Lipinski definition) is 0. The first-order valence-corrected chi connectivity index (χ1v) is 9.55. The zero-order valence-corrected chi connectivity index (χ0v) is 16.9. The number of fused-ring (bicyclic) bond motifs is 1. The molecule has 0 bridgehead atoms. The molecule has 5 heteroatoms.